The van der Waals surface area contributed by atoms with Crippen LogP contribution in [0.5, 0.6) is 0 Å². The molecular formula is C21H21F3N4OS. The van der Waals surface area contributed by atoms with Crippen molar-refractivity contribution >= 4 is 17.7 Å². The molecule has 9 heteroatoms. The molecule has 2 heterocycles. The summed E-state index contributed by atoms with van der Waals surface area (Å²) in [5, 5.41) is 9.48. The summed E-state index contributed by atoms with van der Waals surface area (Å²) in [6.45, 7) is 4.75. The average Bonchev–Trinajstić information content (AvgIpc) is 3.17. The summed E-state index contributed by atoms with van der Waals surface area (Å²) >= 11 is 1.45. The summed E-state index contributed by atoms with van der Waals surface area (Å²) in [6, 6.07) is 13.3. The number of morpholine rings is 1. The first-order chi connectivity index (χ1) is 14.4. The molecule has 0 spiro atoms. The van der Waals surface area contributed by atoms with Crippen molar-refractivity contribution in [2.45, 2.75) is 24.0 Å². The Labute approximate surface area is 176 Å². The van der Waals surface area contributed by atoms with Gasteiger partial charge in [-0.1, -0.05) is 41.6 Å². The van der Waals surface area contributed by atoms with Gasteiger partial charge in [0, 0.05) is 18.8 Å². The Morgan fingerprint density at radius 1 is 0.967 bits per heavy atom. The number of thioether (sulfide) groups is 1. The smallest absolute Gasteiger partial charge is 0.378 e. The molecule has 0 saturated carbocycles. The minimum atomic E-state index is -4.33. The number of hydrogen-bond acceptors (Lipinski definition) is 5. The predicted molar refractivity (Wildman–Crippen MR) is 110 cm³/mol. The summed E-state index contributed by atoms with van der Waals surface area (Å²) in [4.78, 5) is 2.14. The van der Waals surface area contributed by atoms with E-state index >= 15 is 0 Å². The van der Waals surface area contributed by atoms with Gasteiger partial charge >= 0.3 is 6.18 Å². The van der Waals surface area contributed by atoms with E-state index in [0.29, 0.717) is 24.1 Å². The Kier molecular flexibility index (Phi) is 6.01. The number of aryl methyl sites for hydroxylation is 1. The van der Waals surface area contributed by atoms with Gasteiger partial charge in [-0.3, -0.25) is 4.57 Å². The van der Waals surface area contributed by atoms with Crippen LogP contribution in [0.3, 0.4) is 0 Å². The second-order valence-corrected chi connectivity index (χ2v) is 7.98. The summed E-state index contributed by atoms with van der Waals surface area (Å²) in [7, 11) is 0. The number of alkyl halides is 3. The molecule has 0 amide bonds. The van der Waals surface area contributed by atoms with Gasteiger partial charge < -0.3 is 9.64 Å². The molecule has 1 fully saturated rings. The fraction of sp³-hybridized carbons (Fsp3) is 0.333. The largest absolute Gasteiger partial charge is 0.416 e. The number of aromatic nitrogens is 3. The van der Waals surface area contributed by atoms with Crippen molar-refractivity contribution in [3.05, 3.63) is 65.2 Å². The van der Waals surface area contributed by atoms with Gasteiger partial charge in [0.05, 0.1) is 24.5 Å². The van der Waals surface area contributed by atoms with Crippen molar-refractivity contribution in [2.24, 2.45) is 0 Å². The number of rotatable bonds is 5. The van der Waals surface area contributed by atoms with Crippen LogP contribution in [0.2, 0.25) is 0 Å². The Balaban J connectivity index is 1.59. The molecule has 0 radical (unpaired) electrons. The van der Waals surface area contributed by atoms with E-state index in [-0.39, 0.29) is 0 Å². The van der Waals surface area contributed by atoms with E-state index in [1.165, 1.54) is 23.9 Å². The lowest BCUT2D eigenvalue weighted by molar-refractivity contribution is -0.137. The number of anilines is 1. The molecule has 0 unspecified atom stereocenters. The number of nitrogens with zero attached hydrogens (tertiary/aromatic N) is 4. The van der Waals surface area contributed by atoms with E-state index < -0.39 is 11.7 Å². The van der Waals surface area contributed by atoms with E-state index in [1.807, 2.05) is 35.8 Å². The standard InChI is InChI=1S/C21H21F3N4OS/c1-15-2-8-18(9-3-15)28-19(27-10-12-29-13-11-27)25-26-20(28)30-14-16-4-6-17(7-5-16)21(22,23)24/h2-9H,10-14H2,1H3. The molecule has 1 aromatic heterocycles. The number of ether oxygens (including phenoxy) is 1. The lowest BCUT2D eigenvalue weighted by Crippen LogP contribution is -2.37. The lowest BCUT2D eigenvalue weighted by atomic mass is 10.1. The van der Waals surface area contributed by atoms with E-state index in [2.05, 4.69) is 15.1 Å². The van der Waals surface area contributed by atoms with E-state index in [4.69, 9.17) is 4.74 Å². The molecule has 0 bridgehead atoms. The lowest BCUT2D eigenvalue weighted by Gasteiger charge is -2.28. The molecule has 0 atom stereocenters. The zero-order valence-corrected chi connectivity index (χ0v) is 17.2. The molecule has 1 saturated heterocycles. The molecule has 2 aromatic carbocycles. The minimum absolute atomic E-state index is 0.491. The van der Waals surface area contributed by atoms with Crippen LogP contribution in [0.25, 0.3) is 5.69 Å². The predicted octanol–water partition coefficient (Wildman–Crippen LogP) is 4.72. The molecule has 1 aliphatic rings. The molecular weight excluding hydrogens is 413 g/mol. The topological polar surface area (TPSA) is 43.2 Å². The van der Waals surface area contributed by atoms with Crippen molar-refractivity contribution in [2.75, 3.05) is 31.2 Å². The third kappa shape index (κ3) is 4.62. The van der Waals surface area contributed by atoms with Crippen molar-refractivity contribution in [3.8, 4) is 5.69 Å². The highest BCUT2D eigenvalue weighted by Crippen LogP contribution is 2.32. The van der Waals surface area contributed by atoms with E-state index in [0.717, 1.165) is 48.0 Å². The molecule has 0 aliphatic carbocycles. The Morgan fingerprint density at radius 2 is 1.63 bits per heavy atom. The third-order valence-corrected chi connectivity index (χ3v) is 5.85. The van der Waals surface area contributed by atoms with Gasteiger partial charge in [-0.25, -0.2) is 0 Å². The Hall–Kier alpha value is -2.52. The van der Waals surface area contributed by atoms with Gasteiger partial charge in [0.1, 0.15) is 0 Å². The maximum absolute atomic E-state index is 12.8. The van der Waals surface area contributed by atoms with Gasteiger partial charge in [-0.05, 0) is 36.8 Å². The summed E-state index contributed by atoms with van der Waals surface area (Å²) in [5.41, 5.74) is 2.24. The van der Waals surface area contributed by atoms with Crippen molar-refractivity contribution in [1.29, 1.82) is 0 Å². The summed E-state index contributed by atoms with van der Waals surface area (Å²) < 4.78 is 45.8. The van der Waals surface area contributed by atoms with Gasteiger partial charge in [-0.15, -0.1) is 10.2 Å². The Morgan fingerprint density at radius 3 is 2.27 bits per heavy atom. The van der Waals surface area contributed by atoms with Crippen LogP contribution in [0.1, 0.15) is 16.7 Å². The zero-order valence-electron chi connectivity index (χ0n) is 16.4. The van der Waals surface area contributed by atoms with Gasteiger partial charge in [0.25, 0.3) is 0 Å². The second kappa shape index (κ2) is 8.69. The van der Waals surface area contributed by atoms with Crippen LogP contribution in [0.15, 0.2) is 53.7 Å². The minimum Gasteiger partial charge on any atom is -0.378 e. The quantitative estimate of drug-likeness (QED) is 0.544. The van der Waals surface area contributed by atoms with E-state index in [9.17, 15) is 13.2 Å². The fourth-order valence-electron chi connectivity index (χ4n) is 3.18. The first-order valence-electron chi connectivity index (χ1n) is 9.56. The van der Waals surface area contributed by atoms with Crippen molar-refractivity contribution < 1.29 is 17.9 Å². The zero-order chi connectivity index (χ0) is 21.1. The first-order valence-corrected chi connectivity index (χ1v) is 10.5. The monoisotopic (exact) mass is 434 g/mol. The maximum atomic E-state index is 12.8. The third-order valence-electron chi connectivity index (χ3n) is 4.85. The Bertz CT molecular complexity index is 981. The fourth-order valence-corrected chi connectivity index (χ4v) is 4.08. The molecule has 4 rings (SSSR count). The number of halogens is 3. The summed E-state index contributed by atoms with van der Waals surface area (Å²) in [6.07, 6.45) is -4.33. The highest BCUT2D eigenvalue weighted by atomic mass is 32.2. The number of hydrogen-bond donors (Lipinski definition) is 0. The van der Waals surface area contributed by atoms with Gasteiger partial charge in [0.2, 0.25) is 5.95 Å². The van der Waals surface area contributed by atoms with Crippen LogP contribution >= 0.6 is 11.8 Å². The molecule has 158 valence electrons. The highest BCUT2D eigenvalue weighted by Gasteiger charge is 2.30. The molecule has 5 nitrogen and oxygen atoms in total. The van der Waals surface area contributed by atoms with Crippen LogP contribution < -0.4 is 4.90 Å². The highest BCUT2D eigenvalue weighted by molar-refractivity contribution is 7.98. The van der Waals surface area contributed by atoms with Gasteiger partial charge in [0.15, 0.2) is 5.16 Å². The van der Waals surface area contributed by atoms with Crippen LogP contribution in [-0.2, 0) is 16.7 Å². The van der Waals surface area contributed by atoms with E-state index in [1.54, 1.807) is 0 Å². The van der Waals surface area contributed by atoms with Crippen molar-refractivity contribution in [3.63, 3.8) is 0 Å². The van der Waals surface area contributed by atoms with Crippen LogP contribution in [-0.4, -0.2) is 41.1 Å². The molecule has 3 aromatic rings. The maximum Gasteiger partial charge on any atom is 0.416 e. The second-order valence-electron chi connectivity index (χ2n) is 7.04. The number of benzene rings is 2. The van der Waals surface area contributed by atoms with Crippen LogP contribution in [0.4, 0.5) is 19.1 Å². The van der Waals surface area contributed by atoms with Crippen molar-refractivity contribution in [1.82, 2.24) is 14.8 Å². The normalized spacial score (nSPS) is 14.9. The molecule has 0 N–H and O–H groups in total. The van der Waals surface area contributed by atoms with Gasteiger partial charge in [-0.2, -0.15) is 13.2 Å². The molecule has 1 aliphatic heterocycles. The molecule has 30 heavy (non-hydrogen) atoms. The SMILES string of the molecule is Cc1ccc(-n2c(SCc3ccc(C(F)(F)F)cc3)nnc2N2CCOCC2)cc1. The first kappa shape index (κ1) is 20.7. The summed E-state index contributed by atoms with van der Waals surface area (Å²) in [5.74, 6) is 1.24. The average molecular weight is 434 g/mol. The van der Waals surface area contributed by atoms with Crippen LogP contribution in [0, 0.1) is 6.92 Å².